The van der Waals surface area contributed by atoms with Crippen molar-refractivity contribution in [2.24, 2.45) is 5.92 Å². The fourth-order valence-corrected chi connectivity index (χ4v) is 2.36. The van der Waals surface area contributed by atoms with E-state index >= 15 is 0 Å². The number of rotatable bonds is 1. The van der Waals surface area contributed by atoms with Gasteiger partial charge < -0.3 is 4.74 Å². The summed E-state index contributed by atoms with van der Waals surface area (Å²) in [6, 6.07) is 0.485. The van der Waals surface area contributed by atoms with Gasteiger partial charge in [0.25, 0.3) is 0 Å². The summed E-state index contributed by atoms with van der Waals surface area (Å²) in [5.41, 5.74) is 1.46. The van der Waals surface area contributed by atoms with Gasteiger partial charge in [-0.15, -0.1) is 0 Å². The maximum Gasteiger partial charge on any atom is 0.114 e. The molecule has 2 rings (SSSR count). The topological polar surface area (TPSA) is 12.5 Å². The van der Waals surface area contributed by atoms with Crippen molar-refractivity contribution in [1.82, 2.24) is 4.90 Å². The summed E-state index contributed by atoms with van der Waals surface area (Å²) in [6.45, 7) is 9.75. The van der Waals surface area contributed by atoms with E-state index in [0.717, 1.165) is 25.5 Å². The predicted molar refractivity (Wildman–Crippen MR) is 58.0 cm³/mol. The Labute approximate surface area is 86.2 Å². The molecule has 1 aliphatic heterocycles. The van der Waals surface area contributed by atoms with Gasteiger partial charge in [0.1, 0.15) is 12.4 Å². The van der Waals surface area contributed by atoms with Crippen LogP contribution in [0.15, 0.2) is 23.5 Å². The first kappa shape index (κ1) is 9.78. The monoisotopic (exact) mass is 193 g/mol. The lowest BCUT2D eigenvalue weighted by atomic mass is 9.87. The lowest BCUT2D eigenvalue weighted by molar-refractivity contribution is 0.0343. The lowest BCUT2D eigenvalue weighted by Gasteiger charge is -2.42. The van der Waals surface area contributed by atoms with Crippen molar-refractivity contribution in [1.29, 1.82) is 0 Å². The third kappa shape index (κ3) is 1.48. The number of nitrogens with zero attached hydrogens (tertiary/aromatic N) is 1. The van der Waals surface area contributed by atoms with Gasteiger partial charge in [0.05, 0.1) is 6.04 Å². The molecule has 0 spiro atoms. The molecule has 1 fully saturated rings. The average Bonchev–Trinajstić information content (AvgIpc) is 2.23. The number of morpholine rings is 1. The van der Waals surface area contributed by atoms with Gasteiger partial charge in [-0.2, -0.15) is 0 Å². The quantitative estimate of drug-likeness (QED) is 0.633. The zero-order valence-electron chi connectivity index (χ0n) is 9.29. The number of hydrogen-bond acceptors (Lipinski definition) is 2. The Morgan fingerprint density at radius 1 is 1.50 bits per heavy atom. The van der Waals surface area contributed by atoms with Gasteiger partial charge in [-0.1, -0.05) is 25.5 Å². The molecule has 2 nitrogen and oxygen atoms in total. The maximum absolute atomic E-state index is 5.71. The van der Waals surface area contributed by atoms with Crippen molar-refractivity contribution in [2.75, 3.05) is 19.7 Å². The SMILES string of the molecule is CCN1CCOC2=CC=C(C)[C@@H](C)[C@H]21. The molecule has 0 aromatic carbocycles. The van der Waals surface area contributed by atoms with Crippen LogP contribution in [0.5, 0.6) is 0 Å². The highest BCUT2D eigenvalue weighted by molar-refractivity contribution is 5.28. The Morgan fingerprint density at radius 3 is 3.00 bits per heavy atom. The Morgan fingerprint density at radius 2 is 2.29 bits per heavy atom. The van der Waals surface area contributed by atoms with Crippen LogP contribution >= 0.6 is 0 Å². The third-order valence-corrected chi connectivity index (χ3v) is 3.44. The van der Waals surface area contributed by atoms with Gasteiger partial charge in [-0.25, -0.2) is 0 Å². The Balaban J connectivity index is 2.26. The molecule has 14 heavy (non-hydrogen) atoms. The Bertz CT molecular complexity index is 280. The van der Waals surface area contributed by atoms with Crippen molar-refractivity contribution in [2.45, 2.75) is 26.8 Å². The summed E-state index contributed by atoms with van der Waals surface area (Å²) < 4.78 is 5.71. The van der Waals surface area contributed by atoms with Crippen LogP contribution in [-0.4, -0.2) is 30.6 Å². The lowest BCUT2D eigenvalue weighted by Crippen LogP contribution is -2.48. The summed E-state index contributed by atoms with van der Waals surface area (Å²) in [7, 11) is 0. The Hall–Kier alpha value is -0.760. The number of allylic oxidation sites excluding steroid dienone is 2. The number of fused-ring (bicyclic) bond motifs is 1. The van der Waals surface area contributed by atoms with Crippen LogP contribution < -0.4 is 0 Å². The van der Waals surface area contributed by atoms with E-state index < -0.39 is 0 Å². The molecule has 0 N–H and O–H groups in total. The van der Waals surface area contributed by atoms with E-state index in [1.807, 2.05) is 0 Å². The van der Waals surface area contributed by atoms with E-state index in [0.29, 0.717) is 12.0 Å². The fourth-order valence-electron chi connectivity index (χ4n) is 2.36. The molecule has 2 atom stereocenters. The highest BCUT2D eigenvalue weighted by Gasteiger charge is 2.33. The molecule has 2 heteroatoms. The van der Waals surface area contributed by atoms with Crippen LogP contribution in [0.2, 0.25) is 0 Å². The molecule has 0 bridgehead atoms. The molecule has 0 aromatic rings. The molecule has 0 saturated carbocycles. The van der Waals surface area contributed by atoms with E-state index in [2.05, 4.69) is 37.8 Å². The van der Waals surface area contributed by atoms with Crippen LogP contribution in [-0.2, 0) is 4.74 Å². The largest absolute Gasteiger partial charge is 0.495 e. The zero-order chi connectivity index (χ0) is 10.1. The van der Waals surface area contributed by atoms with Gasteiger partial charge in [0.2, 0.25) is 0 Å². The molecule has 1 aliphatic carbocycles. The van der Waals surface area contributed by atoms with Crippen molar-refractivity contribution in [3.8, 4) is 0 Å². The summed E-state index contributed by atoms with van der Waals surface area (Å²) in [4.78, 5) is 2.51. The second-order valence-electron chi connectivity index (χ2n) is 4.19. The molecule has 0 amide bonds. The van der Waals surface area contributed by atoms with Crippen LogP contribution in [0, 0.1) is 5.92 Å². The minimum Gasteiger partial charge on any atom is -0.495 e. The molecular weight excluding hydrogens is 174 g/mol. The Kier molecular flexibility index (Phi) is 2.64. The number of ether oxygens (including phenoxy) is 1. The second kappa shape index (κ2) is 3.77. The molecule has 0 aromatic heterocycles. The highest BCUT2D eigenvalue weighted by atomic mass is 16.5. The molecule has 0 unspecified atom stereocenters. The first-order valence-corrected chi connectivity index (χ1v) is 5.49. The molecule has 0 radical (unpaired) electrons. The average molecular weight is 193 g/mol. The standard InChI is InChI=1S/C12H19NO/c1-4-13-7-8-14-11-6-5-9(2)10(3)12(11)13/h5-6,10,12H,4,7-8H2,1-3H3/t10-,12-/m1/s1. The van der Waals surface area contributed by atoms with Crippen LogP contribution in [0.3, 0.4) is 0 Å². The van der Waals surface area contributed by atoms with Crippen LogP contribution in [0.1, 0.15) is 20.8 Å². The van der Waals surface area contributed by atoms with Crippen molar-refractivity contribution in [3.05, 3.63) is 23.5 Å². The van der Waals surface area contributed by atoms with E-state index in [4.69, 9.17) is 4.74 Å². The third-order valence-electron chi connectivity index (χ3n) is 3.44. The van der Waals surface area contributed by atoms with Crippen molar-refractivity contribution in [3.63, 3.8) is 0 Å². The van der Waals surface area contributed by atoms with Gasteiger partial charge >= 0.3 is 0 Å². The smallest absolute Gasteiger partial charge is 0.114 e. The number of hydrogen-bond donors (Lipinski definition) is 0. The van der Waals surface area contributed by atoms with E-state index in [-0.39, 0.29) is 0 Å². The van der Waals surface area contributed by atoms with Gasteiger partial charge in [-0.05, 0) is 25.5 Å². The van der Waals surface area contributed by atoms with Gasteiger partial charge in [0.15, 0.2) is 0 Å². The van der Waals surface area contributed by atoms with Crippen molar-refractivity contribution >= 4 is 0 Å². The first-order chi connectivity index (χ1) is 6.74. The minimum atomic E-state index is 0.485. The molecule has 1 heterocycles. The van der Waals surface area contributed by atoms with Crippen LogP contribution in [0.4, 0.5) is 0 Å². The van der Waals surface area contributed by atoms with Crippen LogP contribution in [0.25, 0.3) is 0 Å². The van der Waals surface area contributed by atoms with E-state index in [9.17, 15) is 0 Å². The fraction of sp³-hybridized carbons (Fsp3) is 0.667. The molecule has 78 valence electrons. The maximum atomic E-state index is 5.71. The molecule has 1 saturated heterocycles. The predicted octanol–water partition coefficient (Wildman–Crippen LogP) is 2.19. The summed E-state index contributed by atoms with van der Waals surface area (Å²) in [5.74, 6) is 1.76. The second-order valence-corrected chi connectivity index (χ2v) is 4.19. The number of likely N-dealkylation sites (N-methyl/N-ethyl adjacent to an activating group) is 1. The normalized spacial score (nSPS) is 32.8. The highest BCUT2D eigenvalue weighted by Crippen LogP contribution is 2.31. The molecule has 2 aliphatic rings. The minimum absolute atomic E-state index is 0.485. The first-order valence-electron chi connectivity index (χ1n) is 5.49. The van der Waals surface area contributed by atoms with Crippen molar-refractivity contribution < 1.29 is 4.74 Å². The van der Waals surface area contributed by atoms with Gasteiger partial charge in [-0.3, -0.25) is 4.90 Å². The summed E-state index contributed by atoms with van der Waals surface area (Å²) in [6.07, 6.45) is 4.33. The zero-order valence-corrected chi connectivity index (χ0v) is 9.29. The van der Waals surface area contributed by atoms with E-state index in [1.165, 1.54) is 5.57 Å². The van der Waals surface area contributed by atoms with Gasteiger partial charge in [0, 0.05) is 6.54 Å². The summed E-state index contributed by atoms with van der Waals surface area (Å²) in [5, 5.41) is 0. The van der Waals surface area contributed by atoms with E-state index in [1.54, 1.807) is 0 Å². The molecular formula is C12H19NO. The summed E-state index contributed by atoms with van der Waals surface area (Å²) >= 11 is 0.